The lowest BCUT2D eigenvalue weighted by Gasteiger charge is -2.11. The predicted octanol–water partition coefficient (Wildman–Crippen LogP) is 3.23. The van der Waals surface area contributed by atoms with E-state index < -0.39 is 0 Å². The molecule has 1 aliphatic heterocycles. The molecule has 2 rings (SSSR count). The van der Waals surface area contributed by atoms with Crippen molar-refractivity contribution in [3.05, 3.63) is 29.8 Å². The molecule has 0 spiro atoms. The monoisotopic (exact) mass is 248 g/mol. The van der Waals surface area contributed by atoms with E-state index >= 15 is 0 Å². The third-order valence-electron chi connectivity index (χ3n) is 3.22. The Morgan fingerprint density at radius 2 is 2.28 bits per heavy atom. The summed E-state index contributed by atoms with van der Waals surface area (Å²) >= 11 is 0. The molecular weight excluding hydrogens is 228 g/mol. The van der Waals surface area contributed by atoms with Gasteiger partial charge in [0.2, 0.25) is 0 Å². The first-order chi connectivity index (χ1) is 8.77. The molecule has 0 aromatic heterocycles. The van der Waals surface area contributed by atoms with E-state index in [1.807, 2.05) is 18.2 Å². The molecule has 0 radical (unpaired) electrons. The van der Waals surface area contributed by atoms with Crippen LogP contribution < -0.4 is 4.74 Å². The van der Waals surface area contributed by atoms with Gasteiger partial charge >= 0.3 is 0 Å². The molecular formula is C15H20O3. The van der Waals surface area contributed by atoms with Gasteiger partial charge in [-0.3, -0.25) is 4.79 Å². The lowest BCUT2D eigenvalue weighted by atomic mass is 10.1. The average molecular weight is 248 g/mol. The van der Waals surface area contributed by atoms with Gasteiger partial charge < -0.3 is 9.47 Å². The number of hydrogen-bond donors (Lipinski definition) is 0. The van der Waals surface area contributed by atoms with E-state index in [0.29, 0.717) is 24.0 Å². The highest BCUT2D eigenvalue weighted by Gasteiger charge is 2.14. The van der Waals surface area contributed by atoms with Gasteiger partial charge in [-0.25, -0.2) is 0 Å². The molecule has 1 heterocycles. The standard InChI is InChI=1S/C15H20O3/c1-12(16)14-8-2-3-9-15(14)18-11-5-7-13-6-4-10-17-13/h2-3,8-9,13H,4-7,10-11H2,1H3. The molecule has 1 aromatic rings. The van der Waals surface area contributed by atoms with Crippen molar-refractivity contribution in [3.8, 4) is 5.75 Å². The highest BCUT2D eigenvalue weighted by molar-refractivity contribution is 5.96. The summed E-state index contributed by atoms with van der Waals surface area (Å²) in [7, 11) is 0. The van der Waals surface area contributed by atoms with Crippen LogP contribution in [0.25, 0.3) is 0 Å². The van der Waals surface area contributed by atoms with Crippen LogP contribution in [0.3, 0.4) is 0 Å². The van der Waals surface area contributed by atoms with E-state index in [1.54, 1.807) is 13.0 Å². The van der Waals surface area contributed by atoms with Crippen molar-refractivity contribution in [1.82, 2.24) is 0 Å². The van der Waals surface area contributed by atoms with Crippen molar-refractivity contribution in [2.24, 2.45) is 0 Å². The van der Waals surface area contributed by atoms with Crippen molar-refractivity contribution in [1.29, 1.82) is 0 Å². The SMILES string of the molecule is CC(=O)c1ccccc1OCCCC1CCCO1. The van der Waals surface area contributed by atoms with Crippen molar-refractivity contribution < 1.29 is 14.3 Å². The number of Topliss-reactive ketones (excluding diaryl/α,β-unsaturated/α-hetero) is 1. The zero-order valence-electron chi connectivity index (χ0n) is 10.9. The van der Waals surface area contributed by atoms with Crippen molar-refractivity contribution in [3.63, 3.8) is 0 Å². The number of ketones is 1. The van der Waals surface area contributed by atoms with E-state index in [2.05, 4.69) is 0 Å². The van der Waals surface area contributed by atoms with E-state index in [-0.39, 0.29) is 5.78 Å². The van der Waals surface area contributed by atoms with Crippen molar-refractivity contribution in [2.45, 2.75) is 38.7 Å². The smallest absolute Gasteiger partial charge is 0.163 e. The van der Waals surface area contributed by atoms with Gasteiger partial charge in [0.05, 0.1) is 18.3 Å². The van der Waals surface area contributed by atoms with Gasteiger partial charge in [0.15, 0.2) is 5.78 Å². The van der Waals surface area contributed by atoms with E-state index in [1.165, 1.54) is 12.8 Å². The maximum absolute atomic E-state index is 11.4. The molecule has 1 aromatic carbocycles. The Morgan fingerprint density at radius 3 is 3.00 bits per heavy atom. The summed E-state index contributed by atoms with van der Waals surface area (Å²) in [5.41, 5.74) is 0.662. The minimum atomic E-state index is 0.0460. The molecule has 3 heteroatoms. The maximum Gasteiger partial charge on any atom is 0.163 e. The van der Waals surface area contributed by atoms with Crippen LogP contribution in [0.2, 0.25) is 0 Å². The fourth-order valence-corrected chi connectivity index (χ4v) is 2.25. The third-order valence-corrected chi connectivity index (χ3v) is 3.22. The van der Waals surface area contributed by atoms with Crippen LogP contribution in [0.1, 0.15) is 43.0 Å². The number of ether oxygens (including phenoxy) is 2. The topological polar surface area (TPSA) is 35.5 Å². The van der Waals surface area contributed by atoms with Gasteiger partial charge in [0.1, 0.15) is 5.75 Å². The summed E-state index contributed by atoms with van der Waals surface area (Å²) in [5, 5.41) is 0. The Hall–Kier alpha value is -1.35. The van der Waals surface area contributed by atoms with Gasteiger partial charge in [0.25, 0.3) is 0 Å². The molecule has 0 bridgehead atoms. The molecule has 1 unspecified atom stereocenters. The average Bonchev–Trinajstić information content (AvgIpc) is 2.88. The zero-order chi connectivity index (χ0) is 12.8. The summed E-state index contributed by atoms with van der Waals surface area (Å²) < 4.78 is 11.2. The molecule has 0 N–H and O–H groups in total. The van der Waals surface area contributed by atoms with Gasteiger partial charge in [-0.1, -0.05) is 12.1 Å². The summed E-state index contributed by atoms with van der Waals surface area (Å²) in [6.07, 6.45) is 4.78. The molecule has 3 nitrogen and oxygen atoms in total. The molecule has 1 atom stereocenters. The zero-order valence-corrected chi connectivity index (χ0v) is 10.9. The summed E-state index contributed by atoms with van der Waals surface area (Å²) in [4.78, 5) is 11.4. The molecule has 1 aliphatic rings. The lowest BCUT2D eigenvalue weighted by molar-refractivity contribution is 0.0971. The number of rotatable bonds is 6. The quantitative estimate of drug-likeness (QED) is 0.572. The highest BCUT2D eigenvalue weighted by atomic mass is 16.5. The van der Waals surface area contributed by atoms with E-state index in [4.69, 9.17) is 9.47 Å². The van der Waals surface area contributed by atoms with E-state index in [9.17, 15) is 4.79 Å². The number of benzene rings is 1. The predicted molar refractivity (Wildman–Crippen MR) is 70.1 cm³/mol. The Labute approximate surface area is 108 Å². The van der Waals surface area contributed by atoms with Crippen LogP contribution >= 0.6 is 0 Å². The Morgan fingerprint density at radius 1 is 1.44 bits per heavy atom. The molecule has 18 heavy (non-hydrogen) atoms. The first kappa shape index (κ1) is 13.1. The molecule has 0 aliphatic carbocycles. The number of hydrogen-bond acceptors (Lipinski definition) is 3. The van der Waals surface area contributed by atoms with Crippen LogP contribution in [-0.4, -0.2) is 25.1 Å². The third kappa shape index (κ3) is 3.57. The van der Waals surface area contributed by atoms with Crippen LogP contribution in [0.15, 0.2) is 24.3 Å². The van der Waals surface area contributed by atoms with E-state index in [0.717, 1.165) is 19.4 Å². The second-order valence-electron chi connectivity index (χ2n) is 4.68. The van der Waals surface area contributed by atoms with Gasteiger partial charge in [-0.05, 0) is 44.7 Å². The second-order valence-corrected chi connectivity index (χ2v) is 4.68. The van der Waals surface area contributed by atoms with Crippen LogP contribution in [0, 0.1) is 0 Å². The van der Waals surface area contributed by atoms with Gasteiger partial charge in [-0.15, -0.1) is 0 Å². The largest absolute Gasteiger partial charge is 0.493 e. The van der Waals surface area contributed by atoms with Crippen LogP contribution in [0.4, 0.5) is 0 Å². The van der Waals surface area contributed by atoms with Crippen molar-refractivity contribution in [2.75, 3.05) is 13.2 Å². The van der Waals surface area contributed by atoms with Gasteiger partial charge in [0, 0.05) is 6.61 Å². The summed E-state index contributed by atoms with van der Waals surface area (Å²) in [5.74, 6) is 0.738. The minimum Gasteiger partial charge on any atom is -0.493 e. The molecule has 1 saturated heterocycles. The molecule has 0 saturated carbocycles. The fraction of sp³-hybridized carbons (Fsp3) is 0.533. The van der Waals surface area contributed by atoms with Crippen LogP contribution in [-0.2, 0) is 4.74 Å². The summed E-state index contributed by atoms with van der Waals surface area (Å²) in [6.45, 7) is 3.11. The molecule has 98 valence electrons. The minimum absolute atomic E-state index is 0.0460. The fourth-order valence-electron chi connectivity index (χ4n) is 2.25. The lowest BCUT2D eigenvalue weighted by Crippen LogP contribution is -2.08. The normalized spacial score (nSPS) is 18.8. The van der Waals surface area contributed by atoms with Gasteiger partial charge in [-0.2, -0.15) is 0 Å². The molecule has 1 fully saturated rings. The second kappa shape index (κ2) is 6.55. The maximum atomic E-state index is 11.4. The number of carbonyl (C=O) groups is 1. The number of para-hydroxylation sites is 1. The Bertz CT molecular complexity index is 394. The highest BCUT2D eigenvalue weighted by Crippen LogP contribution is 2.20. The van der Waals surface area contributed by atoms with Crippen molar-refractivity contribution >= 4 is 5.78 Å². The Balaban J connectivity index is 1.77. The summed E-state index contributed by atoms with van der Waals surface area (Å²) in [6, 6.07) is 7.40. The molecule has 0 amide bonds. The first-order valence-corrected chi connectivity index (χ1v) is 6.62. The first-order valence-electron chi connectivity index (χ1n) is 6.62. The number of carbonyl (C=O) groups excluding carboxylic acids is 1. The van der Waals surface area contributed by atoms with Crippen LogP contribution in [0.5, 0.6) is 5.75 Å². The Kier molecular flexibility index (Phi) is 4.76.